The summed E-state index contributed by atoms with van der Waals surface area (Å²) >= 11 is 0. The smallest absolute Gasteiger partial charge is 0.245 e. The third-order valence-electron chi connectivity index (χ3n) is 3.70. The van der Waals surface area contributed by atoms with Gasteiger partial charge in [0.05, 0.1) is 19.0 Å². The summed E-state index contributed by atoms with van der Waals surface area (Å²) in [5.41, 5.74) is 1.55. The van der Waals surface area contributed by atoms with Crippen LogP contribution in [0.1, 0.15) is 37.9 Å². The first kappa shape index (κ1) is 14.6. The number of hydrogen-bond donors (Lipinski definition) is 2. The van der Waals surface area contributed by atoms with Gasteiger partial charge < -0.3 is 15.1 Å². The van der Waals surface area contributed by atoms with E-state index < -0.39 is 0 Å². The van der Waals surface area contributed by atoms with Crippen LogP contribution in [-0.2, 0) is 6.54 Å². The predicted octanol–water partition coefficient (Wildman–Crippen LogP) is 3.38. The van der Waals surface area contributed by atoms with Crippen LogP contribution in [0.15, 0.2) is 40.7 Å². The Labute approximate surface area is 130 Å². The SMILES string of the molecule is C1=C(CCNc2cnnc(NCc3ccco3)n2)CCCC1. The molecule has 0 saturated heterocycles. The minimum atomic E-state index is 0.498. The van der Waals surface area contributed by atoms with Crippen molar-refractivity contribution in [2.75, 3.05) is 17.2 Å². The Morgan fingerprint density at radius 3 is 3.05 bits per heavy atom. The van der Waals surface area contributed by atoms with Crippen LogP contribution in [0, 0.1) is 0 Å². The van der Waals surface area contributed by atoms with Crippen LogP contribution in [0.25, 0.3) is 0 Å². The quantitative estimate of drug-likeness (QED) is 0.763. The molecule has 0 fully saturated rings. The van der Waals surface area contributed by atoms with Crippen LogP contribution >= 0.6 is 0 Å². The summed E-state index contributed by atoms with van der Waals surface area (Å²) in [5, 5.41) is 14.3. The number of aromatic nitrogens is 3. The molecule has 2 aromatic rings. The predicted molar refractivity (Wildman–Crippen MR) is 85.5 cm³/mol. The van der Waals surface area contributed by atoms with Gasteiger partial charge in [-0.05, 0) is 44.2 Å². The van der Waals surface area contributed by atoms with Crippen LogP contribution in [-0.4, -0.2) is 21.7 Å². The Bertz CT molecular complexity index is 609. The van der Waals surface area contributed by atoms with Crippen molar-refractivity contribution in [2.45, 2.75) is 38.6 Å². The molecule has 0 radical (unpaired) electrons. The van der Waals surface area contributed by atoms with Gasteiger partial charge in [0.1, 0.15) is 5.76 Å². The highest BCUT2D eigenvalue weighted by molar-refractivity contribution is 5.37. The van der Waals surface area contributed by atoms with E-state index in [2.05, 4.69) is 31.9 Å². The molecule has 6 nitrogen and oxygen atoms in total. The van der Waals surface area contributed by atoms with Crippen molar-refractivity contribution >= 4 is 11.8 Å². The minimum Gasteiger partial charge on any atom is -0.467 e. The van der Waals surface area contributed by atoms with E-state index >= 15 is 0 Å². The average molecular weight is 299 g/mol. The molecule has 0 amide bonds. The van der Waals surface area contributed by atoms with Crippen LogP contribution in [0.3, 0.4) is 0 Å². The summed E-state index contributed by atoms with van der Waals surface area (Å²) in [7, 11) is 0. The van der Waals surface area contributed by atoms with Gasteiger partial charge in [0.25, 0.3) is 0 Å². The lowest BCUT2D eigenvalue weighted by Crippen LogP contribution is -2.09. The lowest BCUT2D eigenvalue weighted by atomic mass is 9.97. The monoisotopic (exact) mass is 299 g/mol. The zero-order chi connectivity index (χ0) is 15.0. The van der Waals surface area contributed by atoms with Gasteiger partial charge in [0, 0.05) is 6.54 Å². The van der Waals surface area contributed by atoms with Crippen LogP contribution < -0.4 is 10.6 Å². The molecule has 22 heavy (non-hydrogen) atoms. The van der Waals surface area contributed by atoms with E-state index in [0.29, 0.717) is 12.5 Å². The first-order valence-electron chi connectivity index (χ1n) is 7.78. The molecule has 0 aliphatic heterocycles. The molecule has 2 aromatic heterocycles. The topological polar surface area (TPSA) is 75.9 Å². The zero-order valence-electron chi connectivity index (χ0n) is 12.6. The molecule has 116 valence electrons. The number of nitrogens with zero attached hydrogens (tertiary/aromatic N) is 3. The number of anilines is 2. The minimum absolute atomic E-state index is 0.498. The molecule has 0 spiro atoms. The van der Waals surface area contributed by atoms with E-state index in [1.54, 1.807) is 18.0 Å². The van der Waals surface area contributed by atoms with E-state index in [1.165, 1.54) is 25.7 Å². The van der Waals surface area contributed by atoms with Crippen LogP contribution in [0.2, 0.25) is 0 Å². The number of allylic oxidation sites excluding steroid dienone is 1. The summed E-state index contributed by atoms with van der Waals surface area (Å²) in [5.74, 6) is 2.08. The molecule has 0 aromatic carbocycles. The van der Waals surface area contributed by atoms with Crippen LogP contribution in [0.5, 0.6) is 0 Å². The fourth-order valence-corrected chi connectivity index (χ4v) is 2.53. The number of furan rings is 1. The third-order valence-corrected chi connectivity index (χ3v) is 3.70. The fourth-order valence-electron chi connectivity index (χ4n) is 2.53. The summed E-state index contributed by atoms with van der Waals surface area (Å²) in [6.45, 7) is 1.42. The normalized spacial score (nSPS) is 14.5. The van der Waals surface area contributed by atoms with E-state index in [0.717, 1.165) is 24.5 Å². The Morgan fingerprint density at radius 1 is 1.23 bits per heavy atom. The summed E-state index contributed by atoms with van der Waals surface area (Å²) in [6, 6.07) is 3.76. The molecule has 1 aliphatic carbocycles. The zero-order valence-corrected chi connectivity index (χ0v) is 12.6. The molecule has 0 unspecified atom stereocenters. The molecule has 2 heterocycles. The molecule has 0 saturated carbocycles. The number of hydrogen-bond acceptors (Lipinski definition) is 6. The highest BCUT2D eigenvalue weighted by Gasteiger charge is 2.05. The first-order valence-corrected chi connectivity index (χ1v) is 7.78. The summed E-state index contributed by atoms with van der Waals surface area (Å²) < 4.78 is 5.26. The third kappa shape index (κ3) is 4.31. The van der Waals surface area contributed by atoms with Crippen molar-refractivity contribution in [1.82, 2.24) is 15.2 Å². The Hall–Kier alpha value is -2.37. The van der Waals surface area contributed by atoms with Gasteiger partial charge in [-0.1, -0.05) is 11.6 Å². The van der Waals surface area contributed by atoms with Gasteiger partial charge in [-0.2, -0.15) is 10.1 Å². The number of nitrogens with one attached hydrogen (secondary N) is 2. The van der Waals surface area contributed by atoms with Crippen molar-refractivity contribution in [3.8, 4) is 0 Å². The average Bonchev–Trinajstić information content (AvgIpc) is 3.08. The van der Waals surface area contributed by atoms with Gasteiger partial charge in [0.2, 0.25) is 5.95 Å². The number of rotatable bonds is 7. The largest absolute Gasteiger partial charge is 0.467 e. The maximum absolute atomic E-state index is 5.26. The van der Waals surface area contributed by atoms with Crippen molar-refractivity contribution in [3.05, 3.63) is 42.0 Å². The van der Waals surface area contributed by atoms with E-state index in [4.69, 9.17) is 4.42 Å². The molecular weight excluding hydrogens is 278 g/mol. The highest BCUT2D eigenvalue weighted by atomic mass is 16.3. The molecular formula is C16H21N5O. The standard InChI is InChI=1S/C16H21N5O/c1-2-5-13(6-3-1)8-9-17-15-12-19-21-16(20-15)18-11-14-7-4-10-22-14/h4-5,7,10,12H,1-3,6,8-9,11H2,(H2,17,18,20,21). The highest BCUT2D eigenvalue weighted by Crippen LogP contribution is 2.19. The van der Waals surface area contributed by atoms with Crippen molar-refractivity contribution < 1.29 is 4.42 Å². The van der Waals surface area contributed by atoms with Gasteiger partial charge in [-0.15, -0.1) is 5.10 Å². The van der Waals surface area contributed by atoms with Crippen molar-refractivity contribution in [3.63, 3.8) is 0 Å². The van der Waals surface area contributed by atoms with E-state index in [-0.39, 0.29) is 0 Å². The maximum atomic E-state index is 5.26. The van der Waals surface area contributed by atoms with Crippen LogP contribution in [0.4, 0.5) is 11.8 Å². The molecule has 0 atom stereocenters. The van der Waals surface area contributed by atoms with Gasteiger partial charge in [-0.3, -0.25) is 0 Å². The molecule has 2 N–H and O–H groups in total. The molecule has 3 rings (SSSR count). The Balaban J connectivity index is 1.47. The first-order chi connectivity index (χ1) is 10.9. The second-order valence-electron chi connectivity index (χ2n) is 5.38. The van der Waals surface area contributed by atoms with E-state index in [1.807, 2.05) is 12.1 Å². The lowest BCUT2D eigenvalue weighted by Gasteiger charge is -2.13. The fraction of sp³-hybridized carbons (Fsp3) is 0.438. The van der Waals surface area contributed by atoms with Crippen molar-refractivity contribution in [2.24, 2.45) is 0 Å². The Kier molecular flexibility index (Phi) is 5.02. The van der Waals surface area contributed by atoms with Gasteiger partial charge >= 0.3 is 0 Å². The maximum Gasteiger partial charge on any atom is 0.245 e. The summed E-state index contributed by atoms with van der Waals surface area (Å²) in [4.78, 5) is 4.40. The lowest BCUT2D eigenvalue weighted by molar-refractivity contribution is 0.517. The molecule has 6 heteroatoms. The molecule has 0 bridgehead atoms. The second kappa shape index (κ2) is 7.59. The summed E-state index contributed by atoms with van der Waals surface area (Å²) in [6.07, 6.45) is 11.9. The van der Waals surface area contributed by atoms with Crippen molar-refractivity contribution in [1.29, 1.82) is 0 Å². The molecule has 1 aliphatic rings. The Morgan fingerprint density at radius 2 is 2.23 bits per heavy atom. The van der Waals surface area contributed by atoms with Gasteiger partial charge in [-0.25, -0.2) is 0 Å². The van der Waals surface area contributed by atoms with Gasteiger partial charge in [0.15, 0.2) is 5.82 Å². The van der Waals surface area contributed by atoms with E-state index in [9.17, 15) is 0 Å². The second-order valence-corrected chi connectivity index (χ2v) is 5.38.